The Balaban J connectivity index is 2.01. The molecule has 1 fully saturated rings. The van der Waals surface area contributed by atoms with Gasteiger partial charge in [0.15, 0.2) is 0 Å². The first kappa shape index (κ1) is 6.45. The molecular formula is C10H16. The first-order valence-electron chi connectivity index (χ1n) is 4.62. The van der Waals surface area contributed by atoms with Crippen molar-refractivity contribution in [1.82, 2.24) is 0 Å². The zero-order valence-electron chi connectivity index (χ0n) is 6.55. The molecule has 0 spiro atoms. The highest BCUT2D eigenvalue weighted by molar-refractivity contribution is 4.95. The zero-order chi connectivity index (χ0) is 6.81. The summed E-state index contributed by atoms with van der Waals surface area (Å²) in [7, 11) is 0. The molecule has 2 unspecified atom stereocenters. The van der Waals surface area contributed by atoms with Crippen LogP contribution in [0.4, 0.5) is 0 Å². The van der Waals surface area contributed by atoms with Crippen molar-refractivity contribution in [2.24, 2.45) is 11.8 Å². The van der Waals surface area contributed by atoms with Gasteiger partial charge in [0.25, 0.3) is 0 Å². The smallest absolute Gasteiger partial charge is 0.0319 e. The highest BCUT2D eigenvalue weighted by Gasteiger charge is 2.24. The van der Waals surface area contributed by atoms with Gasteiger partial charge in [-0.2, -0.15) is 0 Å². The number of fused-ring (bicyclic) bond motifs is 1. The molecule has 2 aliphatic rings. The van der Waals surface area contributed by atoms with Gasteiger partial charge in [-0.3, -0.25) is 0 Å². The highest BCUT2D eigenvalue weighted by Crippen LogP contribution is 2.37. The summed E-state index contributed by atoms with van der Waals surface area (Å²) in [5, 5.41) is 0. The summed E-state index contributed by atoms with van der Waals surface area (Å²) in [4.78, 5) is 0. The lowest BCUT2D eigenvalue weighted by Gasteiger charge is -2.32. The SMILES string of the molecule is C1=CCC2CCCCC2C1. The molecule has 56 valence electrons. The van der Waals surface area contributed by atoms with Gasteiger partial charge in [0.05, 0.1) is 0 Å². The number of hydrogen-bond acceptors (Lipinski definition) is 0. The van der Waals surface area contributed by atoms with E-state index in [0.717, 1.165) is 11.8 Å². The minimum atomic E-state index is 1.07. The van der Waals surface area contributed by atoms with Crippen LogP contribution in [0.25, 0.3) is 0 Å². The first-order chi connectivity index (χ1) is 4.97. The average molecular weight is 136 g/mol. The standard InChI is InChI=1S/C10H16/c1-2-6-10-8-4-3-7-9(10)5-1/h1-2,9-10H,3-8H2. The van der Waals surface area contributed by atoms with Gasteiger partial charge in [0.1, 0.15) is 0 Å². The van der Waals surface area contributed by atoms with E-state index in [1.54, 1.807) is 0 Å². The molecule has 0 aromatic heterocycles. The van der Waals surface area contributed by atoms with E-state index >= 15 is 0 Å². The van der Waals surface area contributed by atoms with Crippen molar-refractivity contribution >= 4 is 0 Å². The number of allylic oxidation sites excluding steroid dienone is 2. The van der Waals surface area contributed by atoms with Crippen LogP contribution in [0, 0.1) is 11.8 Å². The van der Waals surface area contributed by atoms with E-state index in [-0.39, 0.29) is 0 Å². The van der Waals surface area contributed by atoms with Crippen molar-refractivity contribution in [3.05, 3.63) is 12.2 Å². The van der Waals surface area contributed by atoms with Crippen molar-refractivity contribution in [2.75, 3.05) is 0 Å². The van der Waals surface area contributed by atoms with E-state index in [2.05, 4.69) is 12.2 Å². The predicted molar refractivity (Wildman–Crippen MR) is 43.8 cm³/mol. The minimum absolute atomic E-state index is 1.07. The molecule has 0 heteroatoms. The molecule has 0 amide bonds. The molecule has 0 bridgehead atoms. The van der Waals surface area contributed by atoms with E-state index in [4.69, 9.17) is 0 Å². The molecule has 2 aliphatic carbocycles. The second kappa shape index (κ2) is 2.77. The van der Waals surface area contributed by atoms with Crippen LogP contribution in [0.1, 0.15) is 38.5 Å². The fourth-order valence-electron chi connectivity index (χ4n) is 2.45. The molecule has 2 atom stereocenters. The second-order valence-electron chi connectivity index (χ2n) is 3.75. The van der Waals surface area contributed by atoms with Crippen LogP contribution in [0.5, 0.6) is 0 Å². The first-order valence-corrected chi connectivity index (χ1v) is 4.62. The van der Waals surface area contributed by atoms with Gasteiger partial charge < -0.3 is 0 Å². The largest absolute Gasteiger partial charge is 0.0882 e. The Bertz CT molecular complexity index is 119. The quantitative estimate of drug-likeness (QED) is 0.449. The average Bonchev–Trinajstić information content (AvgIpc) is 2.05. The van der Waals surface area contributed by atoms with E-state index in [1.165, 1.54) is 38.5 Å². The third kappa shape index (κ3) is 1.12. The number of hydrogen-bond donors (Lipinski definition) is 0. The molecule has 2 rings (SSSR count). The van der Waals surface area contributed by atoms with Crippen LogP contribution in [0.2, 0.25) is 0 Å². The summed E-state index contributed by atoms with van der Waals surface area (Å²) in [6, 6.07) is 0. The van der Waals surface area contributed by atoms with Crippen LogP contribution < -0.4 is 0 Å². The van der Waals surface area contributed by atoms with E-state index in [1.807, 2.05) is 0 Å². The summed E-state index contributed by atoms with van der Waals surface area (Å²) < 4.78 is 0. The van der Waals surface area contributed by atoms with Crippen LogP contribution in [0.3, 0.4) is 0 Å². The third-order valence-corrected chi connectivity index (χ3v) is 3.11. The fraction of sp³-hybridized carbons (Fsp3) is 0.800. The van der Waals surface area contributed by atoms with Gasteiger partial charge in [-0.15, -0.1) is 0 Å². The summed E-state index contributed by atoms with van der Waals surface area (Å²) in [5.41, 5.74) is 0. The van der Waals surface area contributed by atoms with Crippen LogP contribution in [-0.2, 0) is 0 Å². The molecule has 0 aromatic carbocycles. The molecule has 0 nitrogen and oxygen atoms in total. The lowest BCUT2D eigenvalue weighted by Crippen LogP contribution is -2.20. The third-order valence-electron chi connectivity index (χ3n) is 3.11. The van der Waals surface area contributed by atoms with Gasteiger partial charge >= 0.3 is 0 Å². The van der Waals surface area contributed by atoms with Gasteiger partial charge in [0, 0.05) is 0 Å². The Morgan fingerprint density at radius 2 is 1.30 bits per heavy atom. The van der Waals surface area contributed by atoms with E-state index in [9.17, 15) is 0 Å². The molecule has 1 saturated carbocycles. The highest BCUT2D eigenvalue weighted by atomic mass is 14.3. The lowest BCUT2D eigenvalue weighted by molar-refractivity contribution is 0.231. The zero-order valence-corrected chi connectivity index (χ0v) is 6.55. The Morgan fingerprint density at radius 3 is 1.80 bits per heavy atom. The van der Waals surface area contributed by atoms with Crippen molar-refractivity contribution in [1.29, 1.82) is 0 Å². The van der Waals surface area contributed by atoms with E-state index < -0.39 is 0 Å². The molecule has 0 radical (unpaired) electrons. The second-order valence-corrected chi connectivity index (χ2v) is 3.75. The van der Waals surface area contributed by atoms with Crippen LogP contribution in [0.15, 0.2) is 12.2 Å². The Hall–Kier alpha value is -0.260. The Morgan fingerprint density at radius 1 is 0.800 bits per heavy atom. The summed E-state index contributed by atoms with van der Waals surface area (Å²) in [6.07, 6.45) is 13.5. The fourth-order valence-corrected chi connectivity index (χ4v) is 2.45. The summed E-state index contributed by atoms with van der Waals surface area (Å²) >= 11 is 0. The monoisotopic (exact) mass is 136 g/mol. The molecule has 0 saturated heterocycles. The van der Waals surface area contributed by atoms with E-state index in [0.29, 0.717) is 0 Å². The van der Waals surface area contributed by atoms with Crippen molar-refractivity contribution in [3.8, 4) is 0 Å². The van der Waals surface area contributed by atoms with Crippen molar-refractivity contribution in [3.63, 3.8) is 0 Å². The maximum absolute atomic E-state index is 2.38. The van der Waals surface area contributed by atoms with Gasteiger partial charge in [-0.25, -0.2) is 0 Å². The van der Waals surface area contributed by atoms with Crippen molar-refractivity contribution in [2.45, 2.75) is 38.5 Å². The molecule has 0 aliphatic heterocycles. The maximum Gasteiger partial charge on any atom is -0.0319 e. The van der Waals surface area contributed by atoms with Crippen LogP contribution >= 0.6 is 0 Å². The Kier molecular flexibility index (Phi) is 1.79. The Labute approximate surface area is 63.3 Å². The number of rotatable bonds is 0. The topological polar surface area (TPSA) is 0 Å². The van der Waals surface area contributed by atoms with Crippen LogP contribution in [-0.4, -0.2) is 0 Å². The van der Waals surface area contributed by atoms with Crippen molar-refractivity contribution < 1.29 is 0 Å². The molecular weight excluding hydrogens is 120 g/mol. The molecule has 0 N–H and O–H groups in total. The normalized spacial score (nSPS) is 39.2. The van der Waals surface area contributed by atoms with Gasteiger partial charge in [-0.05, 0) is 37.5 Å². The van der Waals surface area contributed by atoms with Gasteiger partial charge in [-0.1, -0.05) is 25.0 Å². The maximum atomic E-state index is 2.38. The predicted octanol–water partition coefficient (Wildman–Crippen LogP) is 3.14. The van der Waals surface area contributed by atoms with Gasteiger partial charge in [0.2, 0.25) is 0 Å². The summed E-state index contributed by atoms with van der Waals surface area (Å²) in [6.45, 7) is 0. The summed E-state index contributed by atoms with van der Waals surface area (Å²) in [5.74, 6) is 2.14. The lowest BCUT2D eigenvalue weighted by atomic mass is 9.73. The molecule has 10 heavy (non-hydrogen) atoms. The minimum Gasteiger partial charge on any atom is -0.0882 e. The molecule has 0 aromatic rings. The molecule has 0 heterocycles.